The summed E-state index contributed by atoms with van der Waals surface area (Å²) in [5, 5.41) is 8.92. The number of benzene rings is 1. The molecule has 2 heterocycles. The van der Waals surface area contributed by atoms with Gasteiger partial charge in [-0.05, 0) is 48.2 Å². The van der Waals surface area contributed by atoms with Crippen LogP contribution in [0.2, 0.25) is 10.0 Å². The standard InChI is InChI=1S/C23H25Cl2N3O3/c1-3-20-19(11-16-9-17(24)13-18(25)10-16)21(4-2)28(27-20)8-7-26-22(29)12-15-5-6-23(30)31-14-15/h5-6,9-10,13-14H,3-4,7-8,11-12H2,1-2H3,(H,26,29). The van der Waals surface area contributed by atoms with E-state index in [4.69, 9.17) is 32.7 Å². The van der Waals surface area contributed by atoms with Crippen LogP contribution in [0.5, 0.6) is 0 Å². The Hall–Kier alpha value is -2.57. The summed E-state index contributed by atoms with van der Waals surface area (Å²) in [5.74, 6) is -0.136. The minimum Gasteiger partial charge on any atom is -0.431 e. The highest BCUT2D eigenvalue weighted by Gasteiger charge is 2.16. The third-order valence-corrected chi connectivity index (χ3v) is 5.43. The van der Waals surface area contributed by atoms with E-state index in [-0.39, 0.29) is 12.3 Å². The number of aryl methyl sites for hydroxylation is 1. The second-order valence-corrected chi connectivity index (χ2v) is 8.12. The summed E-state index contributed by atoms with van der Waals surface area (Å²) in [7, 11) is 0. The number of nitrogens with one attached hydrogen (secondary N) is 1. The van der Waals surface area contributed by atoms with E-state index in [0.717, 1.165) is 29.8 Å². The number of halogens is 2. The third kappa shape index (κ3) is 6.21. The van der Waals surface area contributed by atoms with Crippen LogP contribution in [0.15, 0.2) is 45.8 Å². The SMILES string of the molecule is CCc1nn(CCNC(=O)Cc2ccc(=O)oc2)c(CC)c1Cc1cc(Cl)cc(Cl)c1. The van der Waals surface area contributed by atoms with Gasteiger partial charge in [0.25, 0.3) is 0 Å². The second kappa shape index (κ2) is 10.6. The molecule has 164 valence electrons. The highest BCUT2D eigenvalue weighted by atomic mass is 35.5. The summed E-state index contributed by atoms with van der Waals surface area (Å²) in [6, 6.07) is 8.48. The van der Waals surface area contributed by atoms with Crippen LogP contribution in [0, 0.1) is 0 Å². The summed E-state index contributed by atoms with van der Waals surface area (Å²) in [5.41, 5.74) is 4.64. The molecule has 3 aromatic rings. The average molecular weight is 462 g/mol. The van der Waals surface area contributed by atoms with Crippen LogP contribution in [0.4, 0.5) is 0 Å². The molecule has 8 heteroatoms. The smallest absolute Gasteiger partial charge is 0.335 e. The first kappa shape index (κ1) is 23.1. The van der Waals surface area contributed by atoms with Crippen molar-refractivity contribution in [3.05, 3.63) is 85.1 Å². The zero-order valence-corrected chi connectivity index (χ0v) is 19.1. The van der Waals surface area contributed by atoms with E-state index in [2.05, 4.69) is 19.2 Å². The average Bonchev–Trinajstić information content (AvgIpc) is 3.05. The minimum absolute atomic E-state index is 0.136. The van der Waals surface area contributed by atoms with E-state index in [1.54, 1.807) is 12.1 Å². The molecule has 0 saturated carbocycles. The van der Waals surface area contributed by atoms with Crippen molar-refractivity contribution in [3.8, 4) is 0 Å². The number of aromatic nitrogens is 2. The number of amides is 1. The summed E-state index contributed by atoms with van der Waals surface area (Å²) in [6.07, 6.45) is 3.82. The van der Waals surface area contributed by atoms with Crippen LogP contribution in [0.3, 0.4) is 0 Å². The van der Waals surface area contributed by atoms with Gasteiger partial charge in [-0.2, -0.15) is 5.10 Å². The molecule has 0 saturated heterocycles. The highest BCUT2D eigenvalue weighted by Crippen LogP contribution is 2.25. The molecule has 0 atom stereocenters. The minimum atomic E-state index is -0.433. The van der Waals surface area contributed by atoms with Gasteiger partial charge >= 0.3 is 5.63 Å². The number of nitrogens with zero attached hydrogens (tertiary/aromatic N) is 2. The molecule has 2 aromatic heterocycles. The maximum atomic E-state index is 12.2. The number of hydrogen-bond acceptors (Lipinski definition) is 4. The van der Waals surface area contributed by atoms with Crippen LogP contribution in [-0.2, 0) is 37.0 Å². The molecule has 1 N–H and O–H groups in total. The fourth-order valence-corrected chi connectivity index (χ4v) is 4.18. The molecule has 0 fully saturated rings. The summed E-state index contributed by atoms with van der Waals surface area (Å²) >= 11 is 12.3. The summed E-state index contributed by atoms with van der Waals surface area (Å²) in [6.45, 7) is 5.21. The molecule has 3 rings (SSSR count). The topological polar surface area (TPSA) is 77.1 Å². The van der Waals surface area contributed by atoms with Gasteiger partial charge in [-0.3, -0.25) is 9.48 Å². The van der Waals surface area contributed by atoms with Gasteiger partial charge in [0, 0.05) is 40.3 Å². The monoisotopic (exact) mass is 461 g/mol. The molecule has 1 aromatic carbocycles. The molecule has 0 bridgehead atoms. The lowest BCUT2D eigenvalue weighted by molar-refractivity contribution is -0.120. The Morgan fingerprint density at radius 1 is 1.10 bits per heavy atom. The maximum absolute atomic E-state index is 12.2. The van der Waals surface area contributed by atoms with E-state index in [1.807, 2.05) is 16.8 Å². The van der Waals surface area contributed by atoms with Crippen molar-refractivity contribution in [1.82, 2.24) is 15.1 Å². The Kier molecular flexibility index (Phi) is 7.93. The van der Waals surface area contributed by atoms with Gasteiger partial charge in [0.05, 0.1) is 24.9 Å². The van der Waals surface area contributed by atoms with Crippen LogP contribution in [-0.4, -0.2) is 22.2 Å². The van der Waals surface area contributed by atoms with Gasteiger partial charge in [-0.1, -0.05) is 37.0 Å². The molecule has 0 spiro atoms. The lowest BCUT2D eigenvalue weighted by Crippen LogP contribution is -2.29. The predicted molar refractivity (Wildman–Crippen MR) is 122 cm³/mol. The van der Waals surface area contributed by atoms with Crippen molar-refractivity contribution in [2.45, 2.75) is 46.1 Å². The van der Waals surface area contributed by atoms with Crippen molar-refractivity contribution in [1.29, 1.82) is 0 Å². The van der Waals surface area contributed by atoms with Crippen molar-refractivity contribution in [3.63, 3.8) is 0 Å². The molecule has 0 aliphatic rings. The van der Waals surface area contributed by atoms with Gasteiger partial charge < -0.3 is 9.73 Å². The number of hydrogen-bond donors (Lipinski definition) is 1. The van der Waals surface area contributed by atoms with Gasteiger partial charge in [0.15, 0.2) is 0 Å². The van der Waals surface area contributed by atoms with Crippen LogP contribution in [0.25, 0.3) is 0 Å². The largest absolute Gasteiger partial charge is 0.431 e. The van der Waals surface area contributed by atoms with Crippen LogP contribution < -0.4 is 10.9 Å². The predicted octanol–water partition coefficient (Wildman–Crippen LogP) is 4.22. The molecule has 0 aliphatic heterocycles. The van der Waals surface area contributed by atoms with Gasteiger partial charge in [0.1, 0.15) is 0 Å². The quantitative estimate of drug-likeness (QED) is 0.517. The lowest BCUT2D eigenvalue weighted by atomic mass is 10.0. The van der Waals surface area contributed by atoms with E-state index in [9.17, 15) is 9.59 Å². The van der Waals surface area contributed by atoms with Crippen LogP contribution in [0.1, 0.15) is 41.9 Å². The Balaban J connectivity index is 1.67. The number of rotatable bonds is 9. The maximum Gasteiger partial charge on any atom is 0.335 e. The second-order valence-electron chi connectivity index (χ2n) is 7.25. The molecular formula is C23H25Cl2N3O3. The van der Waals surface area contributed by atoms with Crippen molar-refractivity contribution in [2.75, 3.05) is 6.54 Å². The van der Waals surface area contributed by atoms with Gasteiger partial charge in [0.2, 0.25) is 5.91 Å². The first-order valence-electron chi connectivity index (χ1n) is 10.3. The summed E-state index contributed by atoms with van der Waals surface area (Å²) in [4.78, 5) is 23.2. The third-order valence-electron chi connectivity index (χ3n) is 4.99. The molecule has 31 heavy (non-hydrogen) atoms. The number of carbonyl (C=O) groups is 1. The number of carbonyl (C=O) groups excluding carboxylic acids is 1. The van der Waals surface area contributed by atoms with Crippen molar-refractivity contribution >= 4 is 29.1 Å². The Morgan fingerprint density at radius 3 is 2.45 bits per heavy atom. The molecule has 0 radical (unpaired) electrons. The van der Waals surface area contributed by atoms with E-state index < -0.39 is 5.63 Å². The van der Waals surface area contributed by atoms with Crippen molar-refractivity contribution < 1.29 is 9.21 Å². The highest BCUT2D eigenvalue weighted by molar-refractivity contribution is 6.34. The first-order valence-corrected chi connectivity index (χ1v) is 11.0. The Morgan fingerprint density at radius 2 is 1.84 bits per heavy atom. The fourth-order valence-electron chi connectivity index (χ4n) is 3.61. The summed E-state index contributed by atoms with van der Waals surface area (Å²) < 4.78 is 6.76. The molecule has 1 amide bonds. The molecular weight excluding hydrogens is 437 g/mol. The normalized spacial score (nSPS) is 11.0. The fraction of sp³-hybridized carbons (Fsp3) is 0.348. The molecule has 6 nitrogen and oxygen atoms in total. The Labute approximate surface area is 191 Å². The van der Waals surface area contributed by atoms with Crippen molar-refractivity contribution in [2.24, 2.45) is 0 Å². The first-order chi connectivity index (χ1) is 14.9. The van der Waals surface area contributed by atoms with Crippen LogP contribution >= 0.6 is 23.2 Å². The van der Waals surface area contributed by atoms with E-state index in [0.29, 0.717) is 35.1 Å². The zero-order valence-electron chi connectivity index (χ0n) is 17.6. The van der Waals surface area contributed by atoms with E-state index >= 15 is 0 Å². The van der Waals surface area contributed by atoms with E-state index in [1.165, 1.54) is 17.9 Å². The lowest BCUT2D eigenvalue weighted by Gasteiger charge is -2.10. The molecule has 0 unspecified atom stereocenters. The molecule has 0 aliphatic carbocycles. The van der Waals surface area contributed by atoms with Gasteiger partial charge in [-0.25, -0.2) is 4.79 Å². The zero-order chi connectivity index (χ0) is 22.4. The Bertz CT molecular complexity index is 1080. The van der Waals surface area contributed by atoms with Gasteiger partial charge in [-0.15, -0.1) is 0 Å².